The zero-order chi connectivity index (χ0) is 17.8. The summed E-state index contributed by atoms with van der Waals surface area (Å²) in [6.07, 6.45) is 3.38. The minimum absolute atomic E-state index is 0.428. The zero-order valence-electron chi connectivity index (χ0n) is 14.3. The average Bonchev–Trinajstić information content (AvgIpc) is 2.68. The number of hydrogen-bond donors (Lipinski definition) is 2. The average molecular weight is 342 g/mol. The standard InChI is InChI=1S/C20H18N6/c1-14-7-9-15(10-8-14)12-22-18-13-23-26-20(25-18)24-17-6-2-4-16-5-3-11-21-19(16)17/h2-11,13H,12H2,1H3,(H2,22,24,25,26). The Hall–Kier alpha value is -3.54. The molecule has 4 aromatic rings. The van der Waals surface area contributed by atoms with Gasteiger partial charge in [0.1, 0.15) is 0 Å². The molecular formula is C20H18N6. The van der Waals surface area contributed by atoms with Crippen molar-refractivity contribution in [3.8, 4) is 0 Å². The molecule has 0 unspecified atom stereocenters. The van der Waals surface area contributed by atoms with E-state index in [1.54, 1.807) is 12.4 Å². The summed E-state index contributed by atoms with van der Waals surface area (Å²) < 4.78 is 0. The van der Waals surface area contributed by atoms with Gasteiger partial charge in [0.2, 0.25) is 5.95 Å². The molecule has 0 saturated heterocycles. The van der Waals surface area contributed by atoms with Crippen LogP contribution in [0.4, 0.5) is 17.5 Å². The van der Waals surface area contributed by atoms with Gasteiger partial charge >= 0.3 is 0 Å². The van der Waals surface area contributed by atoms with Crippen molar-refractivity contribution in [2.24, 2.45) is 0 Å². The number of benzene rings is 2. The van der Waals surface area contributed by atoms with E-state index in [1.807, 2.05) is 30.3 Å². The predicted octanol–water partition coefficient (Wildman–Crippen LogP) is 4.08. The number of hydrogen-bond acceptors (Lipinski definition) is 6. The topological polar surface area (TPSA) is 75.6 Å². The van der Waals surface area contributed by atoms with Gasteiger partial charge < -0.3 is 10.6 Å². The maximum Gasteiger partial charge on any atom is 0.249 e. The van der Waals surface area contributed by atoms with Gasteiger partial charge in [0.15, 0.2) is 5.82 Å². The van der Waals surface area contributed by atoms with Gasteiger partial charge in [0, 0.05) is 18.1 Å². The number of rotatable bonds is 5. The molecule has 4 rings (SSSR count). The molecule has 26 heavy (non-hydrogen) atoms. The molecule has 0 spiro atoms. The SMILES string of the molecule is Cc1ccc(CNc2cnnc(Nc3cccc4cccnc34)n2)cc1. The maximum atomic E-state index is 4.48. The van der Waals surface area contributed by atoms with Crippen LogP contribution >= 0.6 is 0 Å². The minimum atomic E-state index is 0.428. The largest absolute Gasteiger partial charge is 0.365 e. The van der Waals surface area contributed by atoms with Crippen LogP contribution in [0.2, 0.25) is 0 Å². The highest BCUT2D eigenvalue weighted by Crippen LogP contribution is 2.23. The molecule has 6 nitrogen and oxygen atoms in total. The van der Waals surface area contributed by atoms with E-state index in [2.05, 4.69) is 62.0 Å². The molecule has 0 aliphatic rings. The first-order valence-electron chi connectivity index (χ1n) is 8.38. The number of para-hydroxylation sites is 1. The Kier molecular flexibility index (Phi) is 4.38. The molecule has 0 aliphatic carbocycles. The fourth-order valence-electron chi connectivity index (χ4n) is 2.67. The van der Waals surface area contributed by atoms with E-state index in [0.29, 0.717) is 18.3 Å². The van der Waals surface area contributed by atoms with Gasteiger partial charge in [-0.2, -0.15) is 10.1 Å². The molecule has 0 aliphatic heterocycles. The number of anilines is 3. The summed E-state index contributed by atoms with van der Waals surface area (Å²) in [6.45, 7) is 2.75. The molecule has 0 bridgehead atoms. The summed E-state index contributed by atoms with van der Waals surface area (Å²) in [7, 11) is 0. The molecule has 2 heterocycles. The van der Waals surface area contributed by atoms with Crippen LogP contribution in [0.5, 0.6) is 0 Å². The third kappa shape index (κ3) is 3.59. The summed E-state index contributed by atoms with van der Waals surface area (Å²) in [5.74, 6) is 1.09. The van der Waals surface area contributed by atoms with Crippen LogP contribution in [0.1, 0.15) is 11.1 Å². The normalized spacial score (nSPS) is 10.7. The lowest BCUT2D eigenvalue weighted by Crippen LogP contribution is -2.06. The molecule has 2 N–H and O–H groups in total. The molecule has 128 valence electrons. The monoisotopic (exact) mass is 342 g/mol. The van der Waals surface area contributed by atoms with Crippen LogP contribution in [0.25, 0.3) is 10.9 Å². The van der Waals surface area contributed by atoms with Crippen molar-refractivity contribution < 1.29 is 0 Å². The van der Waals surface area contributed by atoms with E-state index in [1.165, 1.54) is 11.1 Å². The van der Waals surface area contributed by atoms with Gasteiger partial charge in [-0.15, -0.1) is 5.10 Å². The van der Waals surface area contributed by atoms with Crippen LogP contribution in [-0.4, -0.2) is 20.2 Å². The summed E-state index contributed by atoms with van der Waals surface area (Å²) in [4.78, 5) is 8.91. The second-order valence-corrected chi connectivity index (χ2v) is 6.01. The summed E-state index contributed by atoms with van der Waals surface area (Å²) in [6, 6.07) is 18.3. The van der Waals surface area contributed by atoms with Crippen LogP contribution in [0.3, 0.4) is 0 Å². The van der Waals surface area contributed by atoms with E-state index in [4.69, 9.17) is 0 Å². The minimum Gasteiger partial charge on any atom is -0.365 e. The Balaban J connectivity index is 1.51. The van der Waals surface area contributed by atoms with E-state index in [9.17, 15) is 0 Å². The van der Waals surface area contributed by atoms with Crippen molar-refractivity contribution in [1.82, 2.24) is 20.2 Å². The maximum absolute atomic E-state index is 4.48. The van der Waals surface area contributed by atoms with Gasteiger partial charge in [0.05, 0.1) is 17.4 Å². The number of aryl methyl sites for hydroxylation is 1. The van der Waals surface area contributed by atoms with Gasteiger partial charge in [-0.3, -0.25) is 4.98 Å². The molecule has 6 heteroatoms. The molecule has 2 aromatic carbocycles. The number of nitrogens with one attached hydrogen (secondary N) is 2. The number of pyridine rings is 1. The van der Waals surface area contributed by atoms with E-state index in [-0.39, 0.29) is 0 Å². The van der Waals surface area contributed by atoms with Crippen molar-refractivity contribution in [2.45, 2.75) is 13.5 Å². The summed E-state index contributed by atoms with van der Waals surface area (Å²) in [5, 5.41) is 15.6. The Morgan fingerprint density at radius 1 is 0.962 bits per heavy atom. The zero-order valence-corrected chi connectivity index (χ0v) is 14.3. The lowest BCUT2D eigenvalue weighted by atomic mass is 10.1. The molecule has 2 aromatic heterocycles. The van der Waals surface area contributed by atoms with E-state index >= 15 is 0 Å². The number of nitrogens with zero attached hydrogens (tertiary/aromatic N) is 4. The summed E-state index contributed by atoms with van der Waals surface area (Å²) in [5.41, 5.74) is 4.15. The number of aromatic nitrogens is 4. The first kappa shape index (κ1) is 16.0. The first-order chi connectivity index (χ1) is 12.8. The highest BCUT2D eigenvalue weighted by Gasteiger charge is 2.05. The third-order valence-corrected chi connectivity index (χ3v) is 4.03. The highest BCUT2D eigenvalue weighted by atomic mass is 15.3. The molecule has 0 amide bonds. The highest BCUT2D eigenvalue weighted by molar-refractivity contribution is 5.91. The second-order valence-electron chi connectivity index (χ2n) is 6.01. The Morgan fingerprint density at radius 2 is 1.81 bits per heavy atom. The second kappa shape index (κ2) is 7.14. The first-order valence-corrected chi connectivity index (χ1v) is 8.38. The van der Waals surface area contributed by atoms with Gasteiger partial charge in [-0.1, -0.05) is 48.0 Å². The van der Waals surface area contributed by atoms with E-state index in [0.717, 1.165) is 16.6 Å². The lowest BCUT2D eigenvalue weighted by molar-refractivity contribution is 0.966. The summed E-state index contributed by atoms with van der Waals surface area (Å²) >= 11 is 0. The van der Waals surface area contributed by atoms with Crippen molar-refractivity contribution in [3.05, 3.63) is 78.1 Å². The Labute approximate surface area is 151 Å². The Bertz CT molecular complexity index is 1020. The van der Waals surface area contributed by atoms with Crippen LogP contribution in [-0.2, 0) is 6.54 Å². The lowest BCUT2D eigenvalue weighted by Gasteiger charge is -2.09. The third-order valence-electron chi connectivity index (χ3n) is 4.03. The van der Waals surface area contributed by atoms with Gasteiger partial charge in [-0.25, -0.2) is 0 Å². The predicted molar refractivity (Wildman–Crippen MR) is 103 cm³/mol. The molecule has 0 fully saturated rings. The molecule has 0 atom stereocenters. The fraction of sp³-hybridized carbons (Fsp3) is 0.100. The van der Waals surface area contributed by atoms with Gasteiger partial charge in [0.25, 0.3) is 0 Å². The van der Waals surface area contributed by atoms with Crippen molar-refractivity contribution in [1.29, 1.82) is 0 Å². The quantitative estimate of drug-likeness (QED) is 0.569. The number of fused-ring (bicyclic) bond motifs is 1. The van der Waals surface area contributed by atoms with Crippen LogP contribution in [0, 0.1) is 6.92 Å². The van der Waals surface area contributed by atoms with Crippen LogP contribution < -0.4 is 10.6 Å². The van der Waals surface area contributed by atoms with Crippen LogP contribution in [0.15, 0.2) is 67.0 Å². The smallest absolute Gasteiger partial charge is 0.249 e. The van der Waals surface area contributed by atoms with E-state index < -0.39 is 0 Å². The fourth-order valence-corrected chi connectivity index (χ4v) is 2.67. The van der Waals surface area contributed by atoms with Gasteiger partial charge in [-0.05, 0) is 24.6 Å². The molecule has 0 saturated carbocycles. The Morgan fingerprint density at radius 3 is 2.69 bits per heavy atom. The van der Waals surface area contributed by atoms with Crippen molar-refractivity contribution in [3.63, 3.8) is 0 Å². The molecule has 0 radical (unpaired) electrons. The van der Waals surface area contributed by atoms with Crippen molar-refractivity contribution in [2.75, 3.05) is 10.6 Å². The molecular weight excluding hydrogens is 324 g/mol. The van der Waals surface area contributed by atoms with Crippen molar-refractivity contribution >= 4 is 28.4 Å².